The molecular weight excluding hydrogens is 362 g/mol. The van der Waals surface area contributed by atoms with E-state index in [2.05, 4.69) is 10.6 Å². The number of nitrogens with zero attached hydrogens (tertiary/aromatic N) is 1. The Kier molecular flexibility index (Phi) is 7.17. The zero-order chi connectivity index (χ0) is 20.8. The Balaban J connectivity index is 2.32. The fraction of sp³-hybridized carbons (Fsp3) is 0.450. The third-order valence-corrected chi connectivity index (χ3v) is 4.86. The van der Waals surface area contributed by atoms with Crippen molar-refractivity contribution in [2.75, 3.05) is 37.4 Å². The minimum atomic E-state index is -0.602. The molecule has 0 radical (unpaired) electrons. The van der Waals surface area contributed by atoms with E-state index in [4.69, 9.17) is 9.84 Å². The second kappa shape index (κ2) is 9.36. The summed E-state index contributed by atoms with van der Waals surface area (Å²) < 4.78 is 4.79. The van der Waals surface area contributed by atoms with Crippen LogP contribution in [0.15, 0.2) is 29.5 Å². The molecule has 1 aliphatic heterocycles. The number of β-amino-alcohol motifs (C(OH)–C–C–N with tert-alkyl or cyclic N) is 1. The predicted molar refractivity (Wildman–Crippen MR) is 106 cm³/mol. The highest BCUT2D eigenvalue weighted by atomic mass is 16.5. The summed E-state index contributed by atoms with van der Waals surface area (Å²) in [4.78, 5) is 38.3. The van der Waals surface area contributed by atoms with Crippen LogP contribution in [0.5, 0.6) is 0 Å². The average molecular weight is 389 g/mol. The first-order chi connectivity index (χ1) is 13.3. The van der Waals surface area contributed by atoms with Gasteiger partial charge in [0, 0.05) is 23.8 Å². The van der Waals surface area contributed by atoms with E-state index in [-0.39, 0.29) is 48.7 Å². The second-order valence-electron chi connectivity index (χ2n) is 6.70. The number of methoxy groups -OCH3 is 1. The molecule has 1 atom stereocenters. The van der Waals surface area contributed by atoms with Gasteiger partial charge in [-0.25, -0.2) is 4.79 Å². The van der Waals surface area contributed by atoms with Gasteiger partial charge >= 0.3 is 5.97 Å². The van der Waals surface area contributed by atoms with Gasteiger partial charge in [-0.05, 0) is 31.0 Å². The van der Waals surface area contributed by atoms with Crippen molar-refractivity contribution in [1.29, 1.82) is 0 Å². The lowest BCUT2D eigenvalue weighted by molar-refractivity contribution is -0.136. The molecule has 152 valence electrons. The van der Waals surface area contributed by atoms with Gasteiger partial charge in [-0.15, -0.1) is 0 Å². The highest BCUT2D eigenvalue weighted by Crippen LogP contribution is 2.28. The molecule has 1 aromatic rings. The van der Waals surface area contributed by atoms with Crippen LogP contribution in [0.25, 0.3) is 0 Å². The van der Waals surface area contributed by atoms with E-state index in [0.29, 0.717) is 11.4 Å². The third kappa shape index (κ3) is 4.51. The van der Waals surface area contributed by atoms with Crippen molar-refractivity contribution in [2.24, 2.45) is 5.92 Å². The standard InChI is InChI=1S/C20H27N3O5/c1-5-12(2)18(25)22-16-8-6-7-15(13(16)3)21-17-14(20(27)28-4)11-23(9-10-24)19(17)26/h6-8,12,21,24H,5,9-11H2,1-4H3,(H,22,25). The lowest BCUT2D eigenvalue weighted by atomic mass is 10.1. The van der Waals surface area contributed by atoms with Crippen LogP contribution in [-0.4, -0.2) is 54.6 Å². The quantitative estimate of drug-likeness (QED) is 0.584. The lowest BCUT2D eigenvalue weighted by Gasteiger charge is -2.17. The summed E-state index contributed by atoms with van der Waals surface area (Å²) in [6.07, 6.45) is 0.730. The molecular formula is C20H27N3O5. The fourth-order valence-corrected chi connectivity index (χ4v) is 2.83. The van der Waals surface area contributed by atoms with E-state index < -0.39 is 5.97 Å². The Hall–Kier alpha value is -2.87. The van der Waals surface area contributed by atoms with E-state index in [1.54, 1.807) is 18.2 Å². The number of benzene rings is 1. The SMILES string of the molecule is CCC(C)C(=O)Nc1cccc(NC2=C(C(=O)OC)CN(CCO)C2=O)c1C. The van der Waals surface area contributed by atoms with E-state index in [9.17, 15) is 14.4 Å². The van der Waals surface area contributed by atoms with E-state index in [1.165, 1.54) is 12.0 Å². The number of ether oxygens (including phenoxy) is 1. The monoisotopic (exact) mass is 389 g/mol. The number of hydrogen-bond acceptors (Lipinski definition) is 6. The highest BCUT2D eigenvalue weighted by molar-refractivity contribution is 6.08. The molecule has 1 aromatic carbocycles. The Morgan fingerprint density at radius 3 is 2.61 bits per heavy atom. The van der Waals surface area contributed by atoms with Crippen LogP contribution < -0.4 is 10.6 Å². The van der Waals surface area contributed by atoms with Gasteiger partial charge < -0.3 is 25.4 Å². The van der Waals surface area contributed by atoms with Crippen LogP contribution in [0.4, 0.5) is 11.4 Å². The van der Waals surface area contributed by atoms with Crippen LogP contribution in [0.2, 0.25) is 0 Å². The Morgan fingerprint density at radius 2 is 2.00 bits per heavy atom. The van der Waals surface area contributed by atoms with Crippen molar-refractivity contribution in [3.8, 4) is 0 Å². The number of anilines is 2. The first kappa shape index (κ1) is 21.4. The number of carbonyl (C=O) groups is 3. The van der Waals surface area contributed by atoms with Gasteiger partial charge in [-0.1, -0.05) is 19.9 Å². The maximum absolute atomic E-state index is 12.6. The van der Waals surface area contributed by atoms with Crippen molar-refractivity contribution in [1.82, 2.24) is 4.90 Å². The van der Waals surface area contributed by atoms with Gasteiger partial charge in [-0.3, -0.25) is 9.59 Å². The summed E-state index contributed by atoms with van der Waals surface area (Å²) in [6.45, 7) is 5.60. The molecule has 8 nitrogen and oxygen atoms in total. The zero-order valence-corrected chi connectivity index (χ0v) is 16.7. The molecule has 3 N–H and O–H groups in total. The van der Waals surface area contributed by atoms with Crippen molar-refractivity contribution < 1.29 is 24.2 Å². The van der Waals surface area contributed by atoms with Crippen molar-refractivity contribution in [3.05, 3.63) is 35.0 Å². The highest BCUT2D eigenvalue weighted by Gasteiger charge is 2.34. The molecule has 0 bridgehead atoms. The van der Waals surface area contributed by atoms with Gasteiger partial charge in [0.25, 0.3) is 5.91 Å². The fourth-order valence-electron chi connectivity index (χ4n) is 2.83. The number of hydrogen-bond donors (Lipinski definition) is 3. The maximum Gasteiger partial charge on any atom is 0.337 e. The molecule has 28 heavy (non-hydrogen) atoms. The molecule has 1 unspecified atom stereocenters. The van der Waals surface area contributed by atoms with Crippen LogP contribution in [0, 0.1) is 12.8 Å². The second-order valence-corrected chi connectivity index (χ2v) is 6.70. The molecule has 8 heteroatoms. The molecule has 2 amide bonds. The molecule has 0 aliphatic carbocycles. The van der Waals surface area contributed by atoms with E-state index >= 15 is 0 Å². The molecule has 2 rings (SSSR count). The molecule has 1 heterocycles. The van der Waals surface area contributed by atoms with Gasteiger partial charge in [0.1, 0.15) is 5.70 Å². The maximum atomic E-state index is 12.6. The van der Waals surface area contributed by atoms with Crippen LogP contribution >= 0.6 is 0 Å². The molecule has 0 aromatic heterocycles. The minimum Gasteiger partial charge on any atom is -0.466 e. The number of rotatable bonds is 8. The molecule has 0 saturated carbocycles. The van der Waals surface area contributed by atoms with Gasteiger partial charge in [-0.2, -0.15) is 0 Å². The van der Waals surface area contributed by atoms with Gasteiger partial charge in [0.05, 0.1) is 25.8 Å². The van der Waals surface area contributed by atoms with Crippen LogP contribution in [0.1, 0.15) is 25.8 Å². The summed E-state index contributed by atoms with van der Waals surface area (Å²) in [5.41, 5.74) is 2.29. The van der Waals surface area contributed by atoms with Gasteiger partial charge in [0.15, 0.2) is 0 Å². The lowest BCUT2D eigenvalue weighted by Crippen LogP contribution is -2.31. The number of aliphatic hydroxyl groups excluding tert-OH is 1. The average Bonchev–Trinajstić information content (AvgIpc) is 2.99. The van der Waals surface area contributed by atoms with Gasteiger partial charge in [0.2, 0.25) is 5.91 Å². The topological polar surface area (TPSA) is 108 Å². The number of esters is 1. The van der Waals surface area contributed by atoms with Crippen molar-refractivity contribution >= 4 is 29.2 Å². The van der Waals surface area contributed by atoms with Crippen LogP contribution in [-0.2, 0) is 19.1 Å². The third-order valence-electron chi connectivity index (χ3n) is 4.86. The first-order valence-corrected chi connectivity index (χ1v) is 9.23. The predicted octanol–water partition coefficient (Wildman–Crippen LogP) is 1.65. The summed E-state index contributed by atoms with van der Waals surface area (Å²) in [5, 5.41) is 15.1. The molecule has 0 spiro atoms. The van der Waals surface area contributed by atoms with E-state index in [1.807, 2.05) is 20.8 Å². The van der Waals surface area contributed by atoms with Crippen molar-refractivity contribution in [3.63, 3.8) is 0 Å². The Bertz CT molecular complexity index is 803. The summed E-state index contributed by atoms with van der Waals surface area (Å²) >= 11 is 0. The van der Waals surface area contributed by atoms with Crippen molar-refractivity contribution in [2.45, 2.75) is 27.2 Å². The first-order valence-electron chi connectivity index (χ1n) is 9.23. The number of aliphatic hydroxyl groups is 1. The molecule has 0 saturated heterocycles. The number of nitrogens with one attached hydrogen (secondary N) is 2. The number of carbonyl (C=O) groups excluding carboxylic acids is 3. The summed E-state index contributed by atoms with van der Waals surface area (Å²) in [7, 11) is 1.25. The van der Waals surface area contributed by atoms with Crippen LogP contribution in [0.3, 0.4) is 0 Å². The zero-order valence-electron chi connectivity index (χ0n) is 16.7. The summed E-state index contributed by atoms with van der Waals surface area (Å²) in [5.74, 6) is -1.19. The largest absolute Gasteiger partial charge is 0.466 e. The minimum absolute atomic E-state index is 0.0674. The van der Waals surface area contributed by atoms with E-state index in [0.717, 1.165) is 12.0 Å². The Labute approximate surface area is 164 Å². The summed E-state index contributed by atoms with van der Waals surface area (Å²) in [6, 6.07) is 5.30. The Morgan fingerprint density at radius 1 is 1.32 bits per heavy atom. The smallest absolute Gasteiger partial charge is 0.337 e. The molecule has 1 aliphatic rings. The normalized spacial score (nSPS) is 14.9. The molecule has 0 fully saturated rings. The number of amides is 2.